The van der Waals surface area contributed by atoms with Gasteiger partial charge in [-0.1, -0.05) is 0 Å². The van der Waals surface area contributed by atoms with E-state index in [0.29, 0.717) is 6.54 Å². The first-order chi connectivity index (χ1) is 8.04. The quantitative estimate of drug-likeness (QED) is 0.807. The molecule has 0 fully saturated rings. The molecule has 5 nitrogen and oxygen atoms in total. The zero-order chi connectivity index (χ0) is 12.8. The number of benzene rings is 1. The number of hydrogen-bond donors (Lipinski definition) is 2. The van der Waals surface area contributed by atoms with Crippen LogP contribution in [0.4, 0.5) is 4.39 Å². The second kappa shape index (κ2) is 5.83. The van der Waals surface area contributed by atoms with Crippen molar-refractivity contribution in [2.75, 3.05) is 13.2 Å². The van der Waals surface area contributed by atoms with Gasteiger partial charge < -0.3 is 15.2 Å². The van der Waals surface area contributed by atoms with E-state index in [2.05, 4.69) is 5.32 Å². The summed E-state index contributed by atoms with van der Waals surface area (Å²) in [5, 5.41) is 11.0. The fourth-order valence-electron chi connectivity index (χ4n) is 1.20. The SMILES string of the molecule is CCNC(=O)c1ccc(F)cc1OCC(=O)O. The molecule has 0 radical (unpaired) electrons. The molecule has 17 heavy (non-hydrogen) atoms. The predicted octanol–water partition coefficient (Wildman–Crippen LogP) is 1.04. The summed E-state index contributed by atoms with van der Waals surface area (Å²) in [7, 11) is 0. The summed E-state index contributed by atoms with van der Waals surface area (Å²) in [6.07, 6.45) is 0. The van der Waals surface area contributed by atoms with Crippen molar-refractivity contribution in [3.63, 3.8) is 0 Å². The summed E-state index contributed by atoms with van der Waals surface area (Å²) < 4.78 is 17.8. The number of aliphatic carboxylic acids is 1. The first-order valence-electron chi connectivity index (χ1n) is 4.97. The van der Waals surface area contributed by atoms with Crippen LogP contribution in [0.1, 0.15) is 17.3 Å². The fourth-order valence-corrected chi connectivity index (χ4v) is 1.20. The van der Waals surface area contributed by atoms with E-state index in [4.69, 9.17) is 9.84 Å². The lowest BCUT2D eigenvalue weighted by molar-refractivity contribution is -0.139. The van der Waals surface area contributed by atoms with E-state index in [1.807, 2.05) is 0 Å². The number of hydrogen-bond acceptors (Lipinski definition) is 3. The molecule has 0 aliphatic carbocycles. The largest absolute Gasteiger partial charge is 0.481 e. The van der Waals surface area contributed by atoms with Crippen LogP contribution in [0.5, 0.6) is 5.75 Å². The van der Waals surface area contributed by atoms with Crippen LogP contribution >= 0.6 is 0 Å². The fraction of sp³-hybridized carbons (Fsp3) is 0.273. The van der Waals surface area contributed by atoms with E-state index in [1.54, 1.807) is 6.92 Å². The normalized spacial score (nSPS) is 9.76. The third kappa shape index (κ3) is 3.75. The van der Waals surface area contributed by atoms with Gasteiger partial charge in [0.05, 0.1) is 5.56 Å². The van der Waals surface area contributed by atoms with Gasteiger partial charge in [0.25, 0.3) is 5.91 Å². The van der Waals surface area contributed by atoms with Gasteiger partial charge in [-0.05, 0) is 19.1 Å². The number of rotatable bonds is 5. The molecular formula is C11H12FNO4. The van der Waals surface area contributed by atoms with Gasteiger partial charge in [-0.25, -0.2) is 9.18 Å². The van der Waals surface area contributed by atoms with Crippen LogP contribution in [0.25, 0.3) is 0 Å². The number of carbonyl (C=O) groups is 2. The Morgan fingerprint density at radius 1 is 1.47 bits per heavy atom. The van der Waals surface area contributed by atoms with Crippen LogP contribution in [0.3, 0.4) is 0 Å². The number of amides is 1. The van der Waals surface area contributed by atoms with Crippen molar-refractivity contribution < 1.29 is 23.8 Å². The molecule has 1 aromatic carbocycles. The molecule has 1 aromatic rings. The van der Waals surface area contributed by atoms with Crippen LogP contribution in [-0.2, 0) is 4.79 Å². The van der Waals surface area contributed by atoms with Crippen molar-refractivity contribution in [2.24, 2.45) is 0 Å². The van der Waals surface area contributed by atoms with E-state index < -0.39 is 24.3 Å². The lowest BCUT2D eigenvalue weighted by atomic mass is 10.2. The molecule has 0 atom stereocenters. The lowest BCUT2D eigenvalue weighted by Crippen LogP contribution is -2.24. The van der Waals surface area contributed by atoms with Crippen molar-refractivity contribution in [2.45, 2.75) is 6.92 Å². The van der Waals surface area contributed by atoms with Crippen molar-refractivity contribution in [1.82, 2.24) is 5.32 Å². The summed E-state index contributed by atoms with van der Waals surface area (Å²) in [6.45, 7) is 1.52. The van der Waals surface area contributed by atoms with Crippen LogP contribution in [0.2, 0.25) is 0 Å². The highest BCUT2D eigenvalue weighted by Gasteiger charge is 2.13. The maximum Gasteiger partial charge on any atom is 0.341 e. The first kappa shape index (κ1) is 13.0. The van der Waals surface area contributed by atoms with E-state index in [1.165, 1.54) is 6.07 Å². The highest BCUT2D eigenvalue weighted by atomic mass is 19.1. The first-order valence-corrected chi connectivity index (χ1v) is 4.97. The van der Waals surface area contributed by atoms with Gasteiger partial charge in [-0.3, -0.25) is 4.79 Å². The zero-order valence-corrected chi connectivity index (χ0v) is 9.20. The molecule has 0 aliphatic rings. The van der Waals surface area contributed by atoms with Gasteiger partial charge in [-0.2, -0.15) is 0 Å². The molecule has 0 saturated heterocycles. The summed E-state index contributed by atoms with van der Waals surface area (Å²) in [6, 6.07) is 3.34. The van der Waals surface area contributed by atoms with E-state index in [9.17, 15) is 14.0 Å². The number of halogens is 1. The Balaban J connectivity index is 2.94. The minimum Gasteiger partial charge on any atom is -0.481 e. The average molecular weight is 241 g/mol. The van der Waals surface area contributed by atoms with Crippen LogP contribution in [0, 0.1) is 5.82 Å². The molecule has 0 unspecified atom stereocenters. The molecule has 6 heteroatoms. The van der Waals surface area contributed by atoms with Gasteiger partial charge in [0.1, 0.15) is 11.6 Å². The van der Waals surface area contributed by atoms with Gasteiger partial charge in [0.2, 0.25) is 0 Å². The van der Waals surface area contributed by atoms with E-state index in [-0.39, 0.29) is 11.3 Å². The number of ether oxygens (including phenoxy) is 1. The Bertz CT molecular complexity index is 433. The Labute approximate surface area is 97.2 Å². The maximum atomic E-state index is 13.0. The second-order valence-electron chi connectivity index (χ2n) is 3.18. The van der Waals surface area contributed by atoms with Gasteiger partial charge in [-0.15, -0.1) is 0 Å². The van der Waals surface area contributed by atoms with Crippen molar-refractivity contribution in [3.05, 3.63) is 29.6 Å². The van der Waals surface area contributed by atoms with Crippen LogP contribution in [0.15, 0.2) is 18.2 Å². The molecule has 0 bridgehead atoms. The Morgan fingerprint density at radius 3 is 2.76 bits per heavy atom. The lowest BCUT2D eigenvalue weighted by Gasteiger charge is -2.09. The highest BCUT2D eigenvalue weighted by Crippen LogP contribution is 2.19. The smallest absolute Gasteiger partial charge is 0.341 e. The highest BCUT2D eigenvalue weighted by molar-refractivity contribution is 5.96. The molecular weight excluding hydrogens is 229 g/mol. The second-order valence-corrected chi connectivity index (χ2v) is 3.18. The molecule has 0 spiro atoms. The third-order valence-electron chi connectivity index (χ3n) is 1.88. The molecule has 0 aliphatic heterocycles. The van der Waals surface area contributed by atoms with E-state index in [0.717, 1.165) is 12.1 Å². The number of carboxylic acids is 1. The van der Waals surface area contributed by atoms with Gasteiger partial charge in [0.15, 0.2) is 6.61 Å². The summed E-state index contributed by atoms with van der Waals surface area (Å²) in [5.41, 5.74) is 0.106. The Kier molecular flexibility index (Phi) is 4.45. The summed E-state index contributed by atoms with van der Waals surface area (Å²) in [4.78, 5) is 21.9. The van der Waals surface area contributed by atoms with Crippen molar-refractivity contribution >= 4 is 11.9 Å². The molecule has 0 saturated carbocycles. The van der Waals surface area contributed by atoms with Gasteiger partial charge in [0, 0.05) is 12.6 Å². The molecule has 1 amide bonds. The zero-order valence-electron chi connectivity index (χ0n) is 9.20. The Morgan fingerprint density at radius 2 is 2.18 bits per heavy atom. The molecule has 92 valence electrons. The monoisotopic (exact) mass is 241 g/mol. The summed E-state index contributed by atoms with van der Waals surface area (Å²) >= 11 is 0. The van der Waals surface area contributed by atoms with Crippen molar-refractivity contribution in [3.8, 4) is 5.75 Å². The molecule has 1 rings (SSSR count). The molecule has 0 heterocycles. The molecule has 0 aromatic heterocycles. The predicted molar refractivity (Wildman–Crippen MR) is 57.5 cm³/mol. The number of carbonyl (C=O) groups excluding carboxylic acids is 1. The Hall–Kier alpha value is -2.11. The third-order valence-corrected chi connectivity index (χ3v) is 1.88. The minimum absolute atomic E-state index is 0.0849. The maximum absolute atomic E-state index is 13.0. The number of nitrogens with one attached hydrogen (secondary N) is 1. The molecule has 2 N–H and O–H groups in total. The van der Waals surface area contributed by atoms with Crippen LogP contribution in [-0.4, -0.2) is 30.1 Å². The topological polar surface area (TPSA) is 75.6 Å². The van der Waals surface area contributed by atoms with Crippen molar-refractivity contribution in [1.29, 1.82) is 0 Å². The van der Waals surface area contributed by atoms with Gasteiger partial charge >= 0.3 is 5.97 Å². The number of carboxylic acid groups (broad SMARTS) is 1. The van der Waals surface area contributed by atoms with E-state index >= 15 is 0 Å². The standard InChI is InChI=1S/C11H12FNO4/c1-2-13-11(16)8-4-3-7(12)5-9(8)17-6-10(14)15/h3-5H,2,6H2,1H3,(H,13,16)(H,14,15). The average Bonchev–Trinajstić information content (AvgIpc) is 2.26. The minimum atomic E-state index is -1.20. The van der Waals surface area contributed by atoms with Crippen LogP contribution < -0.4 is 10.1 Å². The summed E-state index contributed by atoms with van der Waals surface area (Å²) in [5.74, 6) is -2.32.